The Hall–Kier alpha value is -2.59. The molecule has 110 valence electrons. The van der Waals surface area contributed by atoms with Crippen molar-refractivity contribution in [3.05, 3.63) is 77.4 Å². The third-order valence-corrected chi connectivity index (χ3v) is 4.14. The summed E-state index contributed by atoms with van der Waals surface area (Å²) in [6, 6.07) is 21.9. The predicted octanol–water partition coefficient (Wildman–Crippen LogP) is 5.12. The maximum atomic E-state index is 4.78. The molecule has 0 atom stereocenters. The Bertz CT molecular complexity index is 967. The highest BCUT2D eigenvalue weighted by atomic mass is 79.9. The maximum absolute atomic E-state index is 4.78. The molecule has 0 saturated carbocycles. The van der Waals surface area contributed by atoms with E-state index in [1.807, 2.05) is 66.7 Å². The fourth-order valence-corrected chi connectivity index (χ4v) is 2.77. The Balaban J connectivity index is 1.99. The molecule has 2 aromatic heterocycles. The van der Waals surface area contributed by atoms with Crippen molar-refractivity contribution in [3.8, 4) is 22.8 Å². The zero-order valence-electron chi connectivity index (χ0n) is 12.1. The Labute approximate surface area is 142 Å². The van der Waals surface area contributed by atoms with Gasteiger partial charge in [0.25, 0.3) is 0 Å². The van der Waals surface area contributed by atoms with Gasteiger partial charge in [-0.3, -0.25) is 4.98 Å². The number of pyridine rings is 1. The van der Waals surface area contributed by atoms with Crippen LogP contribution in [0.15, 0.2) is 77.4 Å². The number of halogens is 1. The molecule has 0 aliphatic rings. The molecule has 0 radical (unpaired) electrons. The van der Waals surface area contributed by atoms with E-state index in [2.05, 4.69) is 20.9 Å². The highest BCUT2D eigenvalue weighted by Crippen LogP contribution is 2.28. The van der Waals surface area contributed by atoms with Gasteiger partial charge in [0.1, 0.15) is 5.69 Å². The summed E-state index contributed by atoms with van der Waals surface area (Å²) < 4.78 is 1.03. The lowest BCUT2D eigenvalue weighted by Crippen LogP contribution is -1.96. The lowest BCUT2D eigenvalue weighted by molar-refractivity contribution is 1.20. The molecule has 23 heavy (non-hydrogen) atoms. The third kappa shape index (κ3) is 2.73. The van der Waals surface area contributed by atoms with Crippen LogP contribution in [0.1, 0.15) is 0 Å². The minimum atomic E-state index is 0.705. The van der Waals surface area contributed by atoms with Crippen LogP contribution in [-0.4, -0.2) is 15.0 Å². The molecule has 0 aliphatic carbocycles. The van der Waals surface area contributed by atoms with E-state index in [1.165, 1.54) is 0 Å². The number of aromatic nitrogens is 3. The minimum absolute atomic E-state index is 0.705. The van der Waals surface area contributed by atoms with E-state index < -0.39 is 0 Å². The number of hydrogen-bond donors (Lipinski definition) is 0. The molecule has 0 amide bonds. The van der Waals surface area contributed by atoms with Gasteiger partial charge in [0.05, 0.1) is 11.2 Å². The molecule has 0 saturated heterocycles. The van der Waals surface area contributed by atoms with E-state index in [9.17, 15) is 0 Å². The molecule has 4 rings (SSSR count). The van der Waals surface area contributed by atoms with Gasteiger partial charge in [0.15, 0.2) is 5.82 Å². The quantitative estimate of drug-likeness (QED) is 0.497. The first kappa shape index (κ1) is 14.0. The van der Waals surface area contributed by atoms with Crippen molar-refractivity contribution in [2.75, 3.05) is 0 Å². The summed E-state index contributed by atoms with van der Waals surface area (Å²) >= 11 is 3.46. The molecular formula is C19H12BrN3. The van der Waals surface area contributed by atoms with E-state index in [-0.39, 0.29) is 0 Å². The van der Waals surface area contributed by atoms with Crippen molar-refractivity contribution >= 4 is 26.8 Å². The molecule has 3 nitrogen and oxygen atoms in total. The van der Waals surface area contributed by atoms with Crippen LogP contribution in [0, 0.1) is 0 Å². The maximum Gasteiger partial charge on any atom is 0.160 e. The largest absolute Gasteiger partial charge is 0.255 e. The standard InChI is InChI=1S/C19H12BrN3/c20-14-10-8-13(9-11-14)19-22-16-6-2-1-5-15(16)18(23-19)17-7-3-4-12-21-17/h1-12H. The second-order valence-electron chi connectivity index (χ2n) is 5.13. The van der Waals surface area contributed by atoms with Crippen molar-refractivity contribution in [1.29, 1.82) is 0 Å². The fraction of sp³-hybridized carbons (Fsp3) is 0. The molecule has 4 heteroatoms. The molecule has 0 fully saturated rings. The summed E-state index contributed by atoms with van der Waals surface area (Å²) in [7, 11) is 0. The SMILES string of the molecule is Brc1ccc(-c2nc(-c3ccccn3)c3ccccc3n2)cc1. The van der Waals surface area contributed by atoms with Gasteiger partial charge in [-0.2, -0.15) is 0 Å². The van der Waals surface area contributed by atoms with Gasteiger partial charge in [-0.15, -0.1) is 0 Å². The van der Waals surface area contributed by atoms with Crippen LogP contribution in [0.25, 0.3) is 33.7 Å². The highest BCUT2D eigenvalue weighted by Gasteiger charge is 2.11. The first-order valence-electron chi connectivity index (χ1n) is 7.25. The van der Waals surface area contributed by atoms with Crippen LogP contribution in [0.5, 0.6) is 0 Å². The molecule has 4 aromatic rings. The first-order chi connectivity index (χ1) is 11.3. The van der Waals surface area contributed by atoms with Crippen LogP contribution < -0.4 is 0 Å². The van der Waals surface area contributed by atoms with E-state index in [0.717, 1.165) is 32.3 Å². The molecule has 0 spiro atoms. The molecule has 2 aromatic carbocycles. The van der Waals surface area contributed by atoms with Gasteiger partial charge in [0.2, 0.25) is 0 Å². The third-order valence-electron chi connectivity index (χ3n) is 3.61. The average Bonchev–Trinajstić information content (AvgIpc) is 2.62. The fourth-order valence-electron chi connectivity index (χ4n) is 2.50. The zero-order valence-corrected chi connectivity index (χ0v) is 13.7. The van der Waals surface area contributed by atoms with Crippen LogP contribution in [0.2, 0.25) is 0 Å². The lowest BCUT2D eigenvalue weighted by Gasteiger charge is -2.08. The summed E-state index contributed by atoms with van der Waals surface area (Å²) in [6.07, 6.45) is 1.78. The Kier molecular flexibility index (Phi) is 3.60. The summed E-state index contributed by atoms with van der Waals surface area (Å²) in [6.45, 7) is 0. The van der Waals surface area contributed by atoms with Crippen LogP contribution in [0.3, 0.4) is 0 Å². The van der Waals surface area contributed by atoms with Crippen molar-refractivity contribution in [2.24, 2.45) is 0 Å². The molecule has 0 N–H and O–H groups in total. The Morgan fingerprint density at radius 1 is 0.739 bits per heavy atom. The number of para-hydroxylation sites is 1. The monoisotopic (exact) mass is 361 g/mol. The van der Waals surface area contributed by atoms with E-state index >= 15 is 0 Å². The van der Waals surface area contributed by atoms with Crippen LogP contribution in [-0.2, 0) is 0 Å². The summed E-state index contributed by atoms with van der Waals surface area (Å²) in [5.41, 5.74) is 3.61. The Morgan fingerprint density at radius 2 is 1.52 bits per heavy atom. The van der Waals surface area contributed by atoms with Gasteiger partial charge in [-0.1, -0.05) is 52.3 Å². The molecule has 2 heterocycles. The smallest absolute Gasteiger partial charge is 0.160 e. The zero-order chi connectivity index (χ0) is 15.6. The molecule has 0 bridgehead atoms. The lowest BCUT2D eigenvalue weighted by atomic mass is 10.1. The first-order valence-corrected chi connectivity index (χ1v) is 8.05. The number of rotatable bonds is 2. The number of hydrogen-bond acceptors (Lipinski definition) is 3. The van der Waals surface area contributed by atoms with Crippen LogP contribution in [0.4, 0.5) is 0 Å². The Morgan fingerprint density at radius 3 is 2.30 bits per heavy atom. The van der Waals surface area contributed by atoms with E-state index in [1.54, 1.807) is 6.20 Å². The van der Waals surface area contributed by atoms with Crippen molar-refractivity contribution < 1.29 is 0 Å². The van der Waals surface area contributed by atoms with Gasteiger partial charge in [-0.25, -0.2) is 9.97 Å². The van der Waals surface area contributed by atoms with Gasteiger partial charge >= 0.3 is 0 Å². The van der Waals surface area contributed by atoms with Gasteiger partial charge < -0.3 is 0 Å². The summed E-state index contributed by atoms with van der Waals surface area (Å²) in [5, 5.41) is 1.01. The van der Waals surface area contributed by atoms with Gasteiger partial charge in [-0.05, 0) is 30.3 Å². The highest BCUT2D eigenvalue weighted by molar-refractivity contribution is 9.10. The molecule has 0 unspecified atom stereocenters. The van der Waals surface area contributed by atoms with E-state index in [4.69, 9.17) is 9.97 Å². The minimum Gasteiger partial charge on any atom is -0.255 e. The second kappa shape index (κ2) is 5.89. The normalized spacial score (nSPS) is 10.8. The number of nitrogens with zero attached hydrogens (tertiary/aromatic N) is 3. The van der Waals surface area contributed by atoms with E-state index in [0.29, 0.717) is 5.82 Å². The van der Waals surface area contributed by atoms with Crippen LogP contribution >= 0.6 is 15.9 Å². The molecule has 0 aliphatic heterocycles. The van der Waals surface area contributed by atoms with Crippen molar-refractivity contribution in [2.45, 2.75) is 0 Å². The topological polar surface area (TPSA) is 38.7 Å². The van der Waals surface area contributed by atoms with Crippen molar-refractivity contribution in [1.82, 2.24) is 15.0 Å². The summed E-state index contributed by atoms with van der Waals surface area (Å²) in [5.74, 6) is 0.705. The predicted molar refractivity (Wildman–Crippen MR) is 95.9 cm³/mol. The van der Waals surface area contributed by atoms with Crippen molar-refractivity contribution in [3.63, 3.8) is 0 Å². The molecular weight excluding hydrogens is 350 g/mol. The number of fused-ring (bicyclic) bond motifs is 1. The van der Waals surface area contributed by atoms with Gasteiger partial charge in [0, 0.05) is 21.6 Å². The summed E-state index contributed by atoms with van der Waals surface area (Å²) in [4.78, 5) is 13.9. The number of benzene rings is 2. The second-order valence-corrected chi connectivity index (χ2v) is 6.05. The average molecular weight is 362 g/mol.